The molecule has 4 aromatic rings. The van der Waals surface area contributed by atoms with E-state index in [1.807, 2.05) is 24.4 Å². The molecule has 0 atom stereocenters. The molecule has 0 amide bonds. The van der Waals surface area contributed by atoms with Gasteiger partial charge in [-0.1, -0.05) is 12.1 Å². The summed E-state index contributed by atoms with van der Waals surface area (Å²) in [6.45, 7) is 0. The summed E-state index contributed by atoms with van der Waals surface area (Å²) in [5.74, 6) is 0. The Balaban J connectivity index is 2.08. The van der Waals surface area contributed by atoms with Gasteiger partial charge in [-0.05, 0) is 35.7 Å². The number of pyridine rings is 1. The van der Waals surface area contributed by atoms with Gasteiger partial charge in [0.15, 0.2) is 0 Å². The van der Waals surface area contributed by atoms with E-state index in [0.29, 0.717) is 0 Å². The van der Waals surface area contributed by atoms with Gasteiger partial charge in [-0.2, -0.15) is 0 Å². The predicted molar refractivity (Wildman–Crippen MR) is 71.8 cm³/mol. The zero-order valence-electron chi connectivity index (χ0n) is 9.59. The second-order valence-electron chi connectivity index (χ2n) is 4.24. The van der Waals surface area contributed by atoms with Crippen LogP contribution in [-0.4, -0.2) is 14.5 Å². The average Bonchev–Trinajstić information content (AvgIpc) is 3.01. The van der Waals surface area contributed by atoms with Crippen LogP contribution in [0.15, 0.2) is 55.0 Å². The highest BCUT2D eigenvalue weighted by Crippen LogP contribution is 2.25. The predicted octanol–water partition coefficient (Wildman–Crippen LogP) is 3.31. The molecule has 1 radical (unpaired) electrons. The molecule has 3 aromatic heterocycles. The van der Waals surface area contributed by atoms with E-state index in [1.54, 1.807) is 6.20 Å². The van der Waals surface area contributed by atoms with E-state index in [-0.39, 0.29) is 0 Å². The van der Waals surface area contributed by atoms with Crippen molar-refractivity contribution in [3.63, 3.8) is 0 Å². The number of aromatic amines is 1. The maximum Gasteiger partial charge on any atom is 0.139 e. The Hall–Kier alpha value is -2.55. The van der Waals surface area contributed by atoms with Crippen LogP contribution in [0.4, 0.5) is 0 Å². The highest BCUT2D eigenvalue weighted by atomic mass is 15.0. The monoisotopic (exact) mass is 232 g/mol. The molecular formula is C15H10N3. The van der Waals surface area contributed by atoms with Crippen molar-refractivity contribution in [3.05, 3.63) is 61.1 Å². The average molecular weight is 232 g/mol. The second kappa shape index (κ2) is 3.47. The van der Waals surface area contributed by atoms with E-state index >= 15 is 0 Å². The Labute approximate surface area is 104 Å². The van der Waals surface area contributed by atoms with Crippen molar-refractivity contribution in [1.82, 2.24) is 14.5 Å². The molecule has 18 heavy (non-hydrogen) atoms. The fraction of sp³-hybridized carbons (Fsp3) is 0. The summed E-state index contributed by atoms with van der Waals surface area (Å²) >= 11 is 0. The van der Waals surface area contributed by atoms with Gasteiger partial charge in [0.25, 0.3) is 0 Å². The molecule has 0 aliphatic carbocycles. The first-order valence-electron chi connectivity index (χ1n) is 5.83. The summed E-state index contributed by atoms with van der Waals surface area (Å²) in [6.07, 6.45) is 5.86. The van der Waals surface area contributed by atoms with Gasteiger partial charge in [0, 0.05) is 24.0 Å². The maximum atomic E-state index is 4.32. The normalized spacial score (nSPS) is 11.3. The van der Waals surface area contributed by atoms with E-state index in [2.05, 4.69) is 45.0 Å². The number of hydrogen-bond donors (Lipinski definition) is 1. The number of nitrogens with zero attached hydrogens (tertiary/aromatic N) is 2. The van der Waals surface area contributed by atoms with Crippen LogP contribution in [0.25, 0.3) is 27.6 Å². The molecule has 0 saturated heterocycles. The quantitative estimate of drug-likeness (QED) is 0.536. The van der Waals surface area contributed by atoms with Crippen LogP contribution < -0.4 is 0 Å². The molecule has 3 heteroatoms. The van der Waals surface area contributed by atoms with E-state index in [4.69, 9.17) is 0 Å². The lowest BCUT2D eigenvalue weighted by Crippen LogP contribution is -1.89. The Morgan fingerprint density at radius 3 is 3.22 bits per heavy atom. The van der Waals surface area contributed by atoms with Gasteiger partial charge >= 0.3 is 0 Å². The van der Waals surface area contributed by atoms with Crippen molar-refractivity contribution in [1.29, 1.82) is 0 Å². The molecule has 0 saturated carbocycles. The fourth-order valence-electron chi connectivity index (χ4n) is 2.37. The summed E-state index contributed by atoms with van der Waals surface area (Å²) < 4.78 is 2.16. The maximum absolute atomic E-state index is 4.32. The highest BCUT2D eigenvalue weighted by Gasteiger charge is 2.08. The van der Waals surface area contributed by atoms with Gasteiger partial charge < -0.3 is 9.55 Å². The SMILES string of the molecule is [c]1ccc2ccn(-c3c[nH]c4ncccc34)c2c1. The van der Waals surface area contributed by atoms with E-state index in [9.17, 15) is 0 Å². The lowest BCUT2D eigenvalue weighted by Gasteiger charge is -2.02. The van der Waals surface area contributed by atoms with Crippen molar-refractivity contribution in [2.45, 2.75) is 0 Å². The van der Waals surface area contributed by atoms with Crippen LogP contribution in [0, 0.1) is 6.07 Å². The zero-order chi connectivity index (χ0) is 11.9. The fourth-order valence-corrected chi connectivity index (χ4v) is 2.37. The molecule has 3 heterocycles. The largest absolute Gasteiger partial charge is 0.344 e. The molecule has 3 nitrogen and oxygen atoms in total. The third kappa shape index (κ3) is 1.21. The Morgan fingerprint density at radius 2 is 2.22 bits per heavy atom. The molecular weight excluding hydrogens is 222 g/mol. The molecule has 0 aliphatic rings. The molecule has 0 bridgehead atoms. The molecule has 4 rings (SSSR count). The Bertz CT molecular complexity index is 767. The summed E-state index contributed by atoms with van der Waals surface area (Å²) in [6, 6.07) is 15.3. The lowest BCUT2D eigenvalue weighted by molar-refractivity contribution is 1.14. The molecule has 0 aliphatic heterocycles. The molecule has 85 valence electrons. The van der Waals surface area contributed by atoms with Crippen LogP contribution in [-0.2, 0) is 0 Å². The summed E-state index contributed by atoms with van der Waals surface area (Å²) in [4.78, 5) is 7.51. The number of rotatable bonds is 1. The molecule has 0 unspecified atom stereocenters. The molecule has 1 aromatic carbocycles. The second-order valence-corrected chi connectivity index (χ2v) is 4.24. The highest BCUT2D eigenvalue weighted by molar-refractivity contribution is 5.89. The van der Waals surface area contributed by atoms with Crippen molar-refractivity contribution in [2.75, 3.05) is 0 Å². The first-order valence-corrected chi connectivity index (χ1v) is 5.83. The zero-order valence-corrected chi connectivity index (χ0v) is 9.59. The van der Waals surface area contributed by atoms with Crippen molar-refractivity contribution in [2.24, 2.45) is 0 Å². The van der Waals surface area contributed by atoms with Crippen LogP contribution in [0.5, 0.6) is 0 Å². The number of benzene rings is 1. The van der Waals surface area contributed by atoms with Crippen LogP contribution >= 0.6 is 0 Å². The minimum absolute atomic E-state index is 0.911. The van der Waals surface area contributed by atoms with Gasteiger partial charge in [-0.15, -0.1) is 0 Å². The van der Waals surface area contributed by atoms with Gasteiger partial charge in [0.05, 0.1) is 11.2 Å². The van der Waals surface area contributed by atoms with Gasteiger partial charge in [-0.25, -0.2) is 4.98 Å². The van der Waals surface area contributed by atoms with E-state index in [0.717, 1.165) is 22.2 Å². The number of aromatic nitrogens is 3. The van der Waals surface area contributed by atoms with Crippen LogP contribution in [0.3, 0.4) is 0 Å². The first-order chi connectivity index (χ1) is 8.93. The number of nitrogens with one attached hydrogen (secondary N) is 1. The smallest absolute Gasteiger partial charge is 0.139 e. The number of hydrogen-bond acceptors (Lipinski definition) is 1. The van der Waals surface area contributed by atoms with Gasteiger partial charge in [-0.3, -0.25) is 0 Å². The minimum Gasteiger partial charge on any atom is -0.344 e. The Kier molecular flexibility index (Phi) is 1.83. The van der Waals surface area contributed by atoms with Crippen LogP contribution in [0.1, 0.15) is 0 Å². The molecule has 0 fully saturated rings. The summed E-state index contributed by atoms with van der Waals surface area (Å²) in [5.41, 5.74) is 3.18. The topological polar surface area (TPSA) is 33.6 Å². The van der Waals surface area contributed by atoms with Crippen molar-refractivity contribution in [3.8, 4) is 5.69 Å². The van der Waals surface area contributed by atoms with E-state index < -0.39 is 0 Å². The van der Waals surface area contributed by atoms with Gasteiger partial charge in [0.2, 0.25) is 0 Å². The lowest BCUT2D eigenvalue weighted by atomic mass is 10.2. The molecule has 0 spiro atoms. The van der Waals surface area contributed by atoms with Crippen molar-refractivity contribution < 1.29 is 0 Å². The van der Waals surface area contributed by atoms with Gasteiger partial charge in [0.1, 0.15) is 5.65 Å². The third-order valence-electron chi connectivity index (χ3n) is 3.23. The Morgan fingerprint density at radius 1 is 1.22 bits per heavy atom. The molecule has 1 N–H and O–H groups in total. The summed E-state index contributed by atoms with van der Waals surface area (Å²) in [7, 11) is 0. The first kappa shape index (κ1) is 9.48. The number of fused-ring (bicyclic) bond motifs is 2. The van der Waals surface area contributed by atoms with Crippen molar-refractivity contribution >= 4 is 21.9 Å². The summed E-state index contributed by atoms with van der Waals surface area (Å²) in [5, 5.41) is 2.34. The minimum atomic E-state index is 0.911. The number of H-pyrrole nitrogens is 1. The third-order valence-corrected chi connectivity index (χ3v) is 3.23. The van der Waals surface area contributed by atoms with E-state index in [1.165, 1.54) is 5.39 Å². The van der Waals surface area contributed by atoms with Crippen LogP contribution in [0.2, 0.25) is 0 Å². The standard InChI is InChI=1S/C15H10N3/c1-2-6-13-11(4-1)7-9-18(13)14-10-17-15-12(14)5-3-8-16-15/h1,3-10H,(H,16,17).